The number of thiophene rings is 1. The van der Waals surface area contributed by atoms with Crippen molar-refractivity contribution in [3.05, 3.63) is 23.2 Å². The molecule has 2 aromatic rings. The molecular weight excluding hydrogens is 182 g/mol. The van der Waals surface area contributed by atoms with Crippen molar-refractivity contribution in [2.75, 3.05) is 0 Å². The molecule has 0 N–H and O–H groups in total. The van der Waals surface area contributed by atoms with Gasteiger partial charge in [0.2, 0.25) is 0 Å². The van der Waals surface area contributed by atoms with Crippen molar-refractivity contribution in [2.24, 2.45) is 0 Å². The van der Waals surface area contributed by atoms with Gasteiger partial charge in [-0.15, -0.1) is 0 Å². The van der Waals surface area contributed by atoms with E-state index >= 15 is 0 Å². The quantitative estimate of drug-likeness (QED) is 0.749. The molecule has 0 saturated carbocycles. The monoisotopic (exact) mass is 193 g/mol. The van der Waals surface area contributed by atoms with Crippen LogP contribution in [0.2, 0.25) is 0 Å². The van der Waals surface area contributed by atoms with Gasteiger partial charge in [-0.3, -0.25) is 4.68 Å². The summed E-state index contributed by atoms with van der Waals surface area (Å²) in [7, 11) is 0. The molecule has 0 atom stereocenters. The molecule has 0 fully saturated rings. The van der Waals surface area contributed by atoms with Crippen molar-refractivity contribution >= 4 is 11.3 Å². The molecule has 4 heteroatoms. The summed E-state index contributed by atoms with van der Waals surface area (Å²) in [5, 5.41) is 8.45. The predicted molar refractivity (Wildman–Crippen MR) is 53.6 cm³/mol. The lowest BCUT2D eigenvalue weighted by molar-refractivity contribution is 0.602. The van der Waals surface area contributed by atoms with Crippen molar-refractivity contribution in [3.8, 4) is 11.4 Å². The zero-order valence-corrected chi connectivity index (χ0v) is 8.29. The summed E-state index contributed by atoms with van der Waals surface area (Å²) in [6.45, 7) is 3.07. The molecule has 68 valence electrons. The Morgan fingerprint density at radius 2 is 2.46 bits per heavy atom. The fraction of sp³-hybridized carbons (Fsp3) is 0.333. The van der Waals surface area contributed by atoms with E-state index < -0.39 is 0 Å². The van der Waals surface area contributed by atoms with Crippen LogP contribution in [0.15, 0.2) is 23.2 Å². The van der Waals surface area contributed by atoms with Crippen LogP contribution in [-0.4, -0.2) is 14.8 Å². The van der Waals surface area contributed by atoms with E-state index in [1.807, 2.05) is 16.1 Å². The van der Waals surface area contributed by atoms with Crippen LogP contribution in [0.5, 0.6) is 0 Å². The molecule has 3 nitrogen and oxygen atoms in total. The molecule has 0 unspecified atom stereocenters. The highest BCUT2D eigenvalue weighted by atomic mass is 32.1. The van der Waals surface area contributed by atoms with Gasteiger partial charge in [-0.1, -0.05) is 6.92 Å². The van der Waals surface area contributed by atoms with Crippen LogP contribution in [0.1, 0.15) is 13.3 Å². The maximum absolute atomic E-state index is 4.35. The standard InChI is InChI=1S/C9H11N3S/c1-2-4-12-7-10-9(11-12)8-3-5-13-6-8/h3,5-7H,2,4H2,1H3. The van der Waals surface area contributed by atoms with Crippen molar-refractivity contribution in [1.29, 1.82) is 0 Å². The minimum absolute atomic E-state index is 0.828. The average molecular weight is 193 g/mol. The first-order valence-electron chi connectivity index (χ1n) is 4.32. The van der Waals surface area contributed by atoms with Crippen molar-refractivity contribution in [1.82, 2.24) is 14.8 Å². The molecule has 0 aliphatic heterocycles. The molecule has 0 spiro atoms. The van der Waals surface area contributed by atoms with E-state index in [0.29, 0.717) is 0 Å². The van der Waals surface area contributed by atoms with Gasteiger partial charge in [0.15, 0.2) is 5.82 Å². The number of nitrogens with zero attached hydrogens (tertiary/aromatic N) is 3. The van der Waals surface area contributed by atoms with Gasteiger partial charge in [0.05, 0.1) is 0 Å². The van der Waals surface area contributed by atoms with Gasteiger partial charge in [0.1, 0.15) is 6.33 Å². The molecule has 0 bridgehead atoms. The summed E-state index contributed by atoms with van der Waals surface area (Å²) >= 11 is 1.67. The van der Waals surface area contributed by atoms with Gasteiger partial charge in [0, 0.05) is 17.5 Å². The second-order valence-electron chi connectivity index (χ2n) is 2.84. The number of hydrogen-bond acceptors (Lipinski definition) is 3. The van der Waals surface area contributed by atoms with Gasteiger partial charge in [-0.25, -0.2) is 4.98 Å². The normalized spacial score (nSPS) is 10.5. The number of aryl methyl sites for hydroxylation is 1. The molecule has 0 aliphatic carbocycles. The van der Waals surface area contributed by atoms with Crippen molar-refractivity contribution in [2.45, 2.75) is 19.9 Å². The smallest absolute Gasteiger partial charge is 0.181 e. The Labute approximate surface area is 81.1 Å². The third-order valence-corrected chi connectivity index (χ3v) is 2.45. The van der Waals surface area contributed by atoms with Gasteiger partial charge in [0.25, 0.3) is 0 Å². The lowest BCUT2D eigenvalue weighted by atomic mass is 10.3. The summed E-state index contributed by atoms with van der Waals surface area (Å²) in [6.07, 6.45) is 2.88. The fourth-order valence-corrected chi connectivity index (χ4v) is 1.79. The molecule has 13 heavy (non-hydrogen) atoms. The van der Waals surface area contributed by atoms with Gasteiger partial charge < -0.3 is 0 Å². The highest BCUT2D eigenvalue weighted by Crippen LogP contribution is 2.17. The Hall–Kier alpha value is -1.16. The predicted octanol–water partition coefficient (Wildman–Crippen LogP) is 2.42. The topological polar surface area (TPSA) is 30.7 Å². The lowest BCUT2D eigenvalue weighted by Crippen LogP contribution is -1.96. The van der Waals surface area contributed by atoms with Gasteiger partial charge >= 0.3 is 0 Å². The van der Waals surface area contributed by atoms with Crippen LogP contribution >= 0.6 is 11.3 Å². The fourth-order valence-electron chi connectivity index (χ4n) is 1.16. The van der Waals surface area contributed by atoms with E-state index in [2.05, 4.69) is 22.4 Å². The Bertz CT molecular complexity index is 364. The van der Waals surface area contributed by atoms with E-state index in [0.717, 1.165) is 24.4 Å². The van der Waals surface area contributed by atoms with E-state index in [1.54, 1.807) is 17.7 Å². The summed E-state index contributed by atoms with van der Waals surface area (Å²) in [6, 6.07) is 2.04. The SMILES string of the molecule is CCCn1cnc(-c2ccsc2)n1. The summed E-state index contributed by atoms with van der Waals surface area (Å²) in [5.74, 6) is 0.828. The zero-order valence-electron chi connectivity index (χ0n) is 7.47. The molecule has 0 amide bonds. The van der Waals surface area contributed by atoms with E-state index in [1.165, 1.54) is 0 Å². The van der Waals surface area contributed by atoms with E-state index in [4.69, 9.17) is 0 Å². The summed E-state index contributed by atoms with van der Waals surface area (Å²) < 4.78 is 1.88. The Kier molecular flexibility index (Phi) is 2.40. The second-order valence-corrected chi connectivity index (χ2v) is 3.62. The molecule has 2 heterocycles. The van der Waals surface area contributed by atoms with Crippen molar-refractivity contribution in [3.63, 3.8) is 0 Å². The number of aromatic nitrogens is 3. The second kappa shape index (κ2) is 3.70. The van der Waals surface area contributed by atoms with Crippen LogP contribution in [0.25, 0.3) is 11.4 Å². The van der Waals surface area contributed by atoms with Crippen molar-refractivity contribution < 1.29 is 0 Å². The molecular formula is C9H11N3S. The summed E-state index contributed by atoms with van der Waals surface area (Å²) in [5.41, 5.74) is 1.11. The van der Waals surface area contributed by atoms with Crippen LogP contribution in [-0.2, 0) is 6.54 Å². The first kappa shape index (κ1) is 8.44. The van der Waals surface area contributed by atoms with Crippen LogP contribution < -0.4 is 0 Å². The Morgan fingerprint density at radius 1 is 1.54 bits per heavy atom. The Morgan fingerprint density at radius 3 is 3.15 bits per heavy atom. The molecule has 0 aliphatic rings. The van der Waals surface area contributed by atoms with Crippen LogP contribution in [0.4, 0.5) is 0 Å². The first-order valence-corrected chi connectivity index (χ1v) is 5.26. The first-order chi connectivity index (χ1) is 6.40. The van der Waals surface area contributed by atoms with Gasteiger partial charge in [-0.2, -0.15) is 16.4 Å². The van der Waals surface area contributed by atoms with Crippen LogP contribution in [0, 0.1) is 0 Å². The van der Waals surface area contributed by atoms with E-state index in [9.17, 15) is 0 Å². The largest absolute Gasteiger partial charge is 0.252 e. The Balaban J connectivity index is 2.23. The highest BCUT2D eigenvalue weighted by molar-refractivity contribution is 7.08. The highest BCUT2D eigenvalue weighted by Gasteiger charge is 2.02. The molecule has 2 rings (SSSR count). The lowest BCUT2D eigenvalue weighted by Gasteiger charge is -1.93. The molecule has 0 saturated heterocycles. The molecule has 0 aromatic carbocycles. The van der Waals surface area contributed by atoms with E-state index in [-0.39, 0.29) is 0 Å². The third-order valence-electron chi connectivity index (χ3n) is 1.77. The molecule has 0 radical (unpaired) electrons. The van der Waals surface area contributed by atoms with Gasteiger partial charge in [-0.05, 0) is 17.9 Å². The maximum atomic E-state index is 4.35. The average Bonchev–Trinajstić information content (AvgIpc) is 2.70. The third kappa shape index (κ3) is 1.78. The summed E-state index contributed by atoms with van der Waals surface area (Å²) in [4.78, 5) is 4.24. The van der Waals surface area contributed by atoms with Crippen LogP contribution in [0.3, 0.4) is 0 Å². The number of hydrogen-bond donors (Lipinski definition) is 0. The maximum Gasteiger partial charge on any atom is 0.181 e. The minimum atomic E-state index is 0.828. The minimum Gasteiger partial charge on any atom is -0.252 e. The zero-order chi connectivity index (χ0) is 9.10. The number of rotatable bonds is 3. The molecule has 2 aromatic heterocycles.